The zero-order chi connectivity index (χ0) is 11.1. The molecule has 1 heterocycles. The molecule has 0 saturated carbocycles. The lowest BCUT2D eigenvalue weighted by atomic mass is 10.3. The quantitative estimate of drug-likeness (QED) is 0.620. The van der Waals surface area contributed by atoms with Crippen LogP contribution in [0.25, 0.3) is 0 Å². The van der Waals surface area contributed by atoms with Crippen LogP contribution in [0.4, 0.5) is 5.69 Å². The summed E-state index contributed by atoms with van der Waals surface area (Å²) >= 11 is 5.69. The summed E-state index contributed by atoms with van der Waals surface area (Å²) in [5, 5.41) is 3.48. The highest BCUT2D eigenvalue weighted by atomic mass is 35.5. The Balaban J connectivity index is 2.28. The third-order valence-corrected chi connectivity index (χ3v) is 1.90. The summed E-state index contributed by atoms with van der Waals surface area (Å²) in [5.74, 6) is -0.204. The van der Waals surface area contributed by atoms with E-state index in [2.05, 4.69) is 10.3 Å². The molecule has 1 aromatic rings. The Kier molecular flexibility index (Phi) is 4.90. The third-order valence-electron chi connectivity index (χ3n) is 1.69. The van der Waals surface area contributed by atoms with E-state index < -0.39 is 0 Å². The molecule has 0 spiro atoms. The zero-order valence-electron chi connectivity index (χ0n) is 8.50. The first-order valence-corrected chi connectivity index (χ1v) is 5.11. The van der Waals surface area contributed by atoms with E-state index in [1.165, 1.54) is 0 Å². The predicted molar refractivity (Wildman–Crippen MR) is 59.0 cm³/mol. The molecule has 0 fully saturated rings. The summed E-state index contributed by atoms with van der Waals surface area (Å²) in [6.07, 6.45) is 1.95. The number of halogens is 1. The van der Waals surface area contributed by atoms with Crippen LogP contribution in [0.5, 0.6) is 0 Å². The Hall–Kier alpha value is -1.29. The summed E-state index contributed by atoms with van der Waals surface area (Å²) in [6, 6.07) is 3.49. The first kappa shape index (κ1) is 11.8. The van der Waals surface area contributed by atoms with Gasteiger partial charge < -0.3 is 10.1 Å². The number of ether oxygens (including phenoxy) is 1. The van der Waals surface area contributed by atoms with Crippen LogP contribution in [0, 0.1) is 0 Å². The van der Waals surface area contributed by atoms with Gasteiger partial charge in [0, 0.05) is 18.4 Å². The molecule has 1 aromatic heterocycles. The fourth-order valence-electron chi connectivity index (χ4n) is 1.05. The average molecular weight is 229 g/mol. The minimum Gasteiger partial charge on any atom is -0.466 e. The minimum absolute atomic E-state index is 0.204. The van der Waals surface area contributed by atoms with Gasteiger partial charge in [-0.25, -0.2) is 4.98 Å². The molecular weight excluding hydrogens is 216 g/mol. The maximum absolute atomic E-state index is 11.0. The molecule has 0 aliphatic heterocycles. The van der Waals surface area contributed by atoms with Crippen molar-refractivity contribution in [2.75, 3.05) is 18.5 Å². The van der Waals surface area contributed by atoms with E-state index in [0.29, 0.717) is 24.7 Å². The van der Waals surface area contributed by atoms with Crippen LogP contribution in [0.1, 0.15) is 13.3 Å². The monoisotopic (exact) mass is 228 g/mol. The molecule has 0 amide bonds. The van der Waals surface area contributed by atoms with E-state index in [1.54, 1.807) is 25.3 Å². The van der Waals surface area contributed by atoms with Crippen molar-refractivity contribution in [1.82, 2.24) is 4.98 Å². The van der Waals surface area contributed by atoms with E-state index >= 15 is 0 Å². The molecule has 0 radical (unpaired) electrons. The largest absolute Gasteiger partial charge is 0.466 e. The number of pyridine rings is 1. The second kappa shape index (κ2) is 6.24. The molecule has 0 aliphatic carbocycles. The number of nitrogens with one attached hydrogen (secondary N) is 1. The highest BCUT2D eigenvalue weighted by Gasteiger charge is 2.00. The normalized spacial score (nSPS) is 9.73. The molecule has 0 unspecified atom stereocenters. The van der Waals surface area contributed by atoms with Gasteiger partial charge in [0.25, 0.3) is 0 Å². The Labute approximate surface area is 93.6 Å². The lowest BCUT2D eigenvalue weighted by Crippen LogP contribution is -2.11. The molecule has 0 aromatic carbocycles. The molecule has 0 aliphatic rings. The van der Waals surface area contributed by atoms with Gasteiger partial charge in [-0.1, -0.05) is 11.6 Å². The lowest BCUT2D eigenvalue weighted by molar-refractivity contribution is -0.142. The SMILES string of the molecule is CCOC(=O)CCNc1ccnc(Cl)c1. The average Bonchev–Trinajstić information content (AvgIpc) is 2.18. The van der Waals surface area contributed by atoms with Gasteiger partial charge in [-0.05, 0) is 19.1 Å². The van der Waals surface area contributed by atoms with Crippen LogP contribution in [0.2, 0.25) is 5.15 Å². The Morgan fingerprint density at radius 2 is 2.47 bits per heavy atom. The number of carbonyl (C=O) groups is 1. The Bertz CT molecular complexity index is 331. The van der Waals surface area contributed by atoms with Crippen molar-refractivity contribution >= 4 is 23.3 Å². The first-order valence-electron chi connectivity index (χ1n) is 4.73. The van der Waals surface area contributed by atoms with Crippen LogP contribution in [0.15, 0.2) is 18.3 Å². The second-order valence-electron chi connectivity index (χ2n) is 2.85. The van der Waals surface area contributed by atoms with Gasteiger partial charge >= 0.3 is 5.97 Å². The number of carbonyl (C=O) groups excluding carboxylic acids is 1. The molecule has 5 heteroatoms. The van der Waals surface area contributed by atoms with E-state index in [0.717, 1.165) is 5.69 Å². The number of hydrogen-bond donors (Lipinski definition) is 1. The van der Waals surface area contributed by atoms with Crippen LogP contribution >= 0.6 is 11.6 Å². The van der Waals surface area contributed by atoms with Crippen LogP contribution < -0.4 is 5.32 Å². The predicted octanol–water partition coefficient (Wildman–Crippen LogP) is 2.10. The highest BCUT2D eigenvalue weighted by Crippen LogP contribution is 2.11. The minimum atomic E-state index is -0.204. The fraction of sp³-hybridized carbons (Fsp3) is 0.400. The smallest absolute Gasteiger partial charge is 0.307 e. The maximum Gasteiger partial charge on any atom is 0.307 e. The summed E-state index contributed by atoms with van der Waals surface area (Å²) in [5.41, 5.74) is 0.847. The van der Waals surface area contributed by atoms with Crippen LogP contribution in [-0.4, -0.2) is 24.1 Å². The van der Waals surface area contributed by atoms with E-state index in [4.69, 9.17) is 16.3 Å². The molecule has 15 heavy (non-hydrogen) atoms. The van der Waals surface area contributed by atoms with Crippen molar-refractivity contribution in [2.24, 2.45) is 0 Å². The van der Waals surface area contributed by atoms with Gasteiger partial charge in [0.15, 0.2) is 0 Å². The zero-order valence-corrected chi connectivity index (χ0v) is 9.25. The van der Waals surface area contributed by atoms with Gasteiger partial charge in [0.2, 0.25) is 0 Å². The van der Waals surface area contributed by atoms with Crippen molar-refractivity contribution in [2.45, 2.75) is 13.3 Å². The topological polar surface area (TPSA) is 51.2 Å². The first-order chi connectivity index (χ1) is 7.22. The lowest BCUT2D eigenvalue weighted by Gasteiger charge is -2.05. The van der Waals surface area contributed by atoms with E-state index in [1.807, 2.05) is 0 Å². The molecule has 82 valence electrons. The number of esters is 1. The van der Waals surface area contributed by atoms with E-state index in [9.17, 15) is 4.79 Å². The fourth-order valence-corrected chi connectivity index (χ4v) is 1.23. The maximum atomic E-state index is 11.0. The molecule has 1 rings (SSSR count). The molecule has 4 nitrogen and oxygen atoms in total. The molecule has 0 bridgehead atoms. The summed E-state index contributed by atoms with van der Waals surface area (Å²) < 4.78 is 4.79. The van der Waals surface area contributed by atoms with Gasteiger partial charge in [-0.15, -0.1) is 0 Å². The molecule has 0 saturated heterocycles. The highest BCUT2D eigenvalue weighted by molar-refractivity contribution is 6.29. The molecular formula is C10H13ClN2O2. The molecule has 1 N–H and O–H groups in total. The third kappa shape index (κ3) is 4.65. The Morgan fingerprint density at radius 3 is 3.13 bits per heavy atom. The van der Waals surface area contributed by atoms with Crippen molar-refractivity contribution < 1.29 is 9.53 Å². The van der Waals surface area contributed by atoms with Crippen molar-refractivity contribution in [3.8, 4) is 0 Å². The van der Waals surface area contributed by atoms with Gasteiger partial charge in [-0.3, -0.25) is 4.79 Å². The number of aromatic nitrogens is 1. The van der Waals surface area contributed by atoms with Gasteiger partial charge in [0.1, 0.15) is 5.15 Å². The van der Waals surface area contributed by atoms with Gasteiger partial charge in [0.05, 0.1) is 13.0 Å². The summed E-state index contributed by atoms with van der Waals surface area (Å²) in [4.78, 5) is 14.8. The van der Waals surface area contributed by atoms with Crippen molar-refractivity contribution in [1.29, 1.82) is 0 Å². The number of hydrogen-bond acceptors (Lipinski definition) is 4. The van der Waals surface area contributed by atoms with Crippen molar-refractivity contribution in [3.05, 3.63) is 23.5 Å². The van der Waals surface area contributed by atoms with Crippen LogP contribution in [-0.2, 0) is 9.53 Å². The summed E-state index contributed by atoms with van der Waals surface area (Å²) in [6.45, 7) is 2.73. The Morgan fingerprint density at radius 1 is 1.67 bits per heavy atom. The van der Waals surface area contributed by atoms with E-state index in [-0.39, 0.29) is 5.97 Å². The van der Waals surface area contributed by atoms with Crippen molar-refractivity contribution in [3.63, 3.8) is 0 Å². The second-order valence-corrected chi connectivity index (χ2v) is 3.24. The van der Waals surface area contributed by atoms with Crippen LogP contribution in [0.3, 0.4) is 0 Å². The standard InChI is InChI=1S/C10H13ClN2O2/c1-2-15-10(14)4-6-12-8-3-5-13-9(11)7-8/h3,5,7H,2,4,6H2,1H3,(H,12,13). The number of nitrogens with zero attached hydrogens (tertiary/aromatic N) is 1. The number of rotatable bonds is 5. The number of anilines is 1. The van der Waals surface area contributed by atoms with Gasteiger partial charge in [-0.2, -0.15) is 0 Å². The molecule has 0 atom stereocenters. The summed E-state index contributed by atoms with van der Waals surface area (Å²) in [7, 11) is 0.